The Balaban J connectivity index is 1.31. The number of rotatable bonds is 1. The van der Waals surface area contributed by atoms with Gasteiger partial charge < -0.3 is 15.4 Å². The van der Waals surface area contributed by atoms with Crippen molar-refractivity contribution in [2.24, 2.45) is 0 Å². The number of hydrogen-bond donors (Lipinski definition) is 3. The maximum absolute atomic E-state index is 15.2. The molecule has 2 aromatic rings. The predicted molar refractivity (Wildman–Crippen MR) is 144 cm³/mol. The van der Waals surface area contributed by atoms with Crippen molar-refractivity contribution in [3.05, 3.63) is 64.2 Å². The fourth-order valence-corrected chi connectivity index (χ4v) is 7.22. The number of nitrogens with zero attached hydrogens (tertiary/aromatic N) is 1. The lowest BCUT2D eigenvalue weighted by Crippen LogP contribution is -2.62. The van der Waals surface area contributed by atoms with E-state index < -0.39 is 23.9 Å². The van der Waals surface area contributed by atoms with Crippen molar-refractivity contribution >= 4 is 17.8 Å². The highest BCUT2D eigenvalue weighted by atomic mass is 19.3. The molecule has 3 atom stereocenters. The average molecular weight is 549 g/mol. The largest absolute Gasteiger partial charge is 0.487 e. The first-order valence-electron chi connectivity index (χ1n) is 14.4. The summed E-state index contributed by atoms with van der Waals surface area (Å²) in [7, 11) is 0. The second-order valence-electron chi connectivity index (χ2n) is 12.4. The molecule has 1 saturated carbocycles. The Hall–Kier alpha value is -3.49. The number of carbonyl (C=O) groups excluding carboxylic acids is 2. The lowest BCUT2D eigenvalue weighted by atomic mass is 9.83. The van der Waals surface area contributed by atoms with Gasteiger partial charge in [0.05, 0.1) is 18.5 Å². The molecule has 8 rings (SSSR count). The van der Waals surface area contributed by atoms with Gasteiger partial charge in [-0.1, -0.05) is 31.5 Å². The molecule has 4 aliphatic heterocycles. The lowest BCUT2D eigenvalue weighted by molar-refractivity contribution is -0.133. The van der Waals surface area contributed by atoms with E-state index in [9.17, 15) is 9.59 Å². The normalized spacial score (nSPS) is 29.8. The summed E-state index contributed by atoms with van der Waals surface area (Å²) >= 11 is 0. The molecule has 2 aromatic carbocycles. The summed E-state index contributed by atoms with van der Waals surface area (Å²) in [5, 5.41) is 15.2. The zero-order valence-corrected chi connectivity index (χ0v) is 22.6. The van der Waals surface area contributed by atoms with Crippen LogP contribution in [0.25, 0.3) is 0 Å². The van der Waals surface area contributed by atoms with Crippen LogP contribution >= 0.6 is 0 Å². The van der Waals surface area contributed by atoms with Crippen LogP contribution in [0, 0.1) is 5.41 Å². The quantitative estimate of drug-likeness (QED) is 0.430. The fourth-order valence-electron chi connectivity index (χ4n) is 7.22. The maximum atomic E-state index is 15.2. The van der Waals surface area contributed by atoms with Gasteiger partial charge >= 0.3 is 0 Å². The number of hydrogen-bond acceptors (Lipinski definition) is 4. The van der Waals surface area contributed by atoms with E-state index in [1.54, 1.807) is 0 Å². The van der Waals surface area contributed by atoms with Crippen LogP contribution in [0.2, 0.25) is 0 Å². The Morgan fingerprint density at radius 1 is 1.05 bits per heavy atom. The Morgan fingerprint density at radius 2 is 1.88 bits per heavy atom. The summed E-state index contributed by atoms with van der Waals surface area (Å²) in [5.74, 6) is -3.17. The average Bonchev–Trinajstić information content (AvgIpc) is 3.61. The molecule has 1 spiro atoms. The van der Waals surface area contributed by atoms with Gasteiger partial charge in [-0.15, -0.1) is 0 Å². The van der Waals surface area contributed by atoms with Crippen LogP contribution in [0.1, 0.15) is 109 Å². The molecule has 6 bridgehead atoms. The van der Waals surface area contributed by atoms with E-state index in [4.69, 9.17) is 10.1 Å². The topological polar surface area (TPSA) is 94.5 Å². The first-order valence-corrected chi connectivity index (χ1v) is 14.4. The number of carbonyl (C=O) groups is 2. The molecule has 6 aliphatic rings. The highest BCUT2D eigenvalue weighted by Gasteiger charge is 2.53. The molecule has 4 heterocycles. The van der Waals surface area contributed by atoms with Crippen LogP contribution in [0.5, 0.6) is 5.75 Å². The van der Waals surface area contributed by atoms with Gasteiger partial charge in [0.2, 0.25) is 5.91 Å². The van der Waals surface area contributed by atoms with Crippen molar-refractivity contribution in [1.29, 1.82) is 5.41 Å². The summed E-state index contributed by atoms with van der Waals surface area (Å²) in [6.45, 7) is 2.00. The van der Waals surface area contributed by atoms with Crippen molar-refractivity contribution in [3.63, 3.8) is 0 Å². The molecular formula is C31H34F2N4O3. The van der Waals surface area contributed by atoms with E-state index in [2.05, 4.69) is 22.8 Å². The fraction of sp³-hybridized carbons (Fsp3) is 0.516. The van der Waals surface area contributed by atoms with E-state index in [1.165, 1.54) is 23.1 Å². The molecule has 2 fully saturated rings. The molecule has 0 unspecified atom stereocenters. The number of benzene rings is 2. The highest BCUT2D eigenvalue weighted by Crippen LogP contribution is 2.53. The molecule has 3 N–H and O–H groups in total. The van der Waals surface area contributed by atoms with Crippen molar-refractivity contribution in [3.8, 4) is 5.75 Å². The van der Waals surface area contributed by atoms with Gasteiger partial charge in [0.15, 0.2) is 5.96 Å². The number of amides is 2. The Labute approximate surface area is 232 Å². The van der Waals surface area contributed by atoms with Gasteiger partial charge in [-0.25, -0.2) is 8.78 Å². The van der Waals surface area contributed by atoms with Crippen molar-refractivity contribution < 1.29 is 23.1 Å². The molecule has 210 valence electrons. The van der Waals surface area contributed by atoms with Crippen LogP contribution in [0.15, 0.2) is 36.4 Å². The molecule has 7 nitrogen and oxygen atoms in total. The van der Waals surface area contributed by atoms with Crippen molar-refractivity contribution in [2.75, 3.05) is 0 Å². The second kappa shape index (κ2) is 8.75. The minimum Gasteiger partial charge on any atom is -0.487 e. The summed E-state index contributed by atoms with van der Waals surface area (Å²) in [6, 6.07) is 9.20. The summed E-state index contributed by atoms with van der Waals surface area (Å²) in [6.07, 6.45) is 6.05. The summed E-state index contributed by atoms with van der Waals surface area (Å²) < 4.78 is 36.8. The first kappa shape index (κ1) is 25.5. The Kier molecular flexibility index (Phi) is 5.57. The maximum Gasteiger partial charge on any atom is 0.275 e. The Bertz CT molecular complexity index is 1420. The number of aryl methyl sites for hydroxylation is 1. The molecule has 2 aliphatic carbocycles. The minimum atomic E-state index is -3.16. The van der Waals surface area contributed by atoms with Gasteiger partial charge in [0, 0.05) is 35.1 Å². The standard InChI is InChI=1S/C31H34F2N4O3/c1-2-29-10-4-3-5-18-6-9-25-21(13-18)23(15-30(40-25)11-12-30)35-27(39)19-7-8-22-20(14-19)24(16-31(22,32)33)37(26(38)17-29)28(34)36-29/h6-9,13-14,23-24H,2-5,10-12,15-17H2,1H3,(H2,34,36)(H,35,39)/t23-,24+,29+/m0/s1. The third kappa shape index (κ3) is 4.08. The first-order chi connectivity index (χ1) is 19.1. The highest BCUT2D eigenvalue weighted by molar-refractivity contribution is 6.00. The van der Waals surface area contributed by atoms with E-state index in [-0.39, 0.29) is 52.5 Å². The Morgan fingerprint density at radius 3 is 2.62 bits per heavy atom. The van der Waals surface area contributed by atoms with Crippen molar-refractivity contribution in [2.45, 2.75) is 100 Å². The number of nitrogens with one attached hydrogen (secondary N) is 3. The molecule has 0 aromatic heterocycles. The van der Waals surface area contributed by atoms with Crippen LogP contribution in [0.4, 0.5) is 8.78 Å². The monoisotopic (exact) mass is 548 g/mol. The number of fused-ring (bicyclic) bond motifs is 6. The third-order valence-electron chi connectivity index (χ3n) is 9.72. The minimum absolute atomic E-state index is 0.139. The van der Waals surface area contributed by atoms with E-state index >= 15 is 8.78 Å². The second-order valence-corrected chi connectivity index (χ2v) is 12.4. The molecular weight excluding hydrogens is 514 g/mol. The third-order valence-corrected chi connectivity index (χ3v) is 9.72. The van der Waals surface area contributed by atoms with Gasteiger partial charge in [0.25, 0.3) is 11.8 Å². The zero-order valence-electron chi connectivity index (χ0n) is 22.6. The molecule has 9 heteroatoms. The predicted octanol–water partition coefficient (Wildman–Crippen LogP) is 5.64. The number of halogens is 2. The van der Waals surface area contributed by atoms with Crippen LogP contribution < -0.4 is 15.4 Å². The van der Waals surface area contributed by atoms with Gasteiger partial charge in [-0.05, 0) is 67.9 Å². The zero-order chi connectivity index (χ0) is 27.9. The molecule has 2 amide bonds. The van der Waals surface area contributed by atoms with Crippen LogP contribution in [0.3, 0.4) is 0 Å². The number of ether oxygens (including phenoxy) is 1. The van der Waals surface area contributed by atoms with E-state index in [0.29, 0.717) is 19.3 Å². The lowest BCUT2D eigenvalue weighted by Gasteiger charge is -2.44. The van der Waals surface area contributed by atoms with E-state index in [0.717, 1.165) is 49.0 Å². The number of guanidine groups is 1. The smallest absolute Gasteiger partial charge is 0.275 e. The molecule has 40 heavy (non-hydrogen) atoms. The SMILES string of the molecule is CC[C@]12CCCCc3ccc4c(c3)[C@H](CC3(CC3)O4)NC(=O)c3ccc4c(c3)[C@@H](CC4(F)F)N(C(=N)N1)C(=O)C2. The van der Waals surface area contributed by atoms with Gasteiger partial charge in [0.1, 0.15) is 11.4 Å². The molecule has 0 radical (unpaired) electrons. The van der Waals surface area contributed by atoms with Crippen molar-refractivity contribution in [1.82, 2.24) is 15.5 Å². The summed E-state index contributed by atoms with van der Waals surface area (Å²) in [4.78, 5) is 28.3. The van der Waals surface area contributed by atoms with Crippen LogP contribution in [-0.2, 0) is 17.1 Å². The van der Waals surface area contributed by atoms with Gasteiger partial charge in [-0.2, -0.15) is 0 Å². The van der Waals surface area contributed by atoms with E-state index in [1.807, 2.05) is 13.0 Å². The van der Waals surface area contributed by atoms with Crippen LogP contribution in [-0.4, -0.2) is 33.8 Å². The number of alkyl halides is 2. The summed E-state index contributed by atoms with van der Waals surface area (Å²) in [5.41, 5.74) is 1.62. The van der Waals surface area contributed by atoms with Gasteiger partial charge in [-0.3, -0.25) is 19.9 Å². The molecule has 1 saturated heterocycles.